The van der Waals surface area contributed by atoms with Crippen LogP contribution in [0.1, 0.15) is 32.6 Å². The Morgan fingerprint density at radius 3 is 2.55 bits per heavy atom. The Labute approximate surface area is 134 Å². The van der Waals surface area contributed by atoms with Gasteiger partial charge < -0.3 is 20.1 Å². The first-order valence-electron chi connectivity index (χ1n) is 6.99. The van der Waals surface area contributed by atoms with Crippen LogP contribution in [0.25, 0.3) is 0 Å². The van der Waals surface area contributed by atoms with Crippen molar-refractivity contribution in [3.05, 3.63) is 12.2 Å². The Bertz CT molecular complexity index is 478. The van der Waals surface area contributed by atoms with Crippen molar-refractivity contribution in [2.45, 2.75) is 38.6 Å². The fourth-order valence-electron chi connectivity index (χ4n) is 1.71. The molecule has 1 amide bonds. The fraction of sp³-hybridized carbons (Fsp3) is 0.571. The van der Waals surface area contributed by atoms with Crippen LogP contribution in [0.5, 0.6) is 0 Å². The highest BCUT2D eigenvalue weighted by Gasteiger charge is 2.26. The molecule has 1 aliphatic heterocycles. The van der Waals surface area contributed by atoms with Gasteiger partial charge in [-0.05, 0) is 38.4 Å². The van der Waals surface area contributed by atoms with Gasteiger partial charge in [-0.25, -0.2) is 4.79 Å². The Balaban J connectivity index is 2.02. The monoisotopic (exact) mass is 328 g/mol. The minimum absolute atomic E-state index is 0.157. The van der Waals surface area contributed by atoms with Gasteiger partial charge in [-0.3, -0.25) is 9.59 Å². The zero-order valence-corrected chi connectivity index (χ0v) is 13.3. The lowest BCUT2D eigenvalue weighted by atomic mass is 10.1. The molecule has 7 nitrogen and oxygen atoms in total. The van der Waals surface area contributed by atoms with Crippen molar-refractivity contribution in [1.82, 2.24) is 10.6 Å². The highest BCUT2D eigenvalue weighted by Crippen LogP contribution is 2.04. The normalized spacial score (nSPS) is 16.7. The molecule has 1 aliphatic rings. The first kappa shape index (κ1) is 18.1. The molecule has 0 aromatic heterocycles. The van der Waals surface area contributed by atoms with E-state index < -0.39 is 5.97 Å². The molecule has 1 rings (SSSR count). The molecular weight excluding hydrogens is 308 g/mol. The number of rotatable bonds is 9. The number of hydrogen-bond donors (Lipinski definition) is 2. The van der Waals surface area contributed by atoms with Crippen molar-refractivity contribution in [2.75, 3.05) is 13.2 Å². The van der Waals surface area contributed by atoms with Crippen LogP contribution in [-0.2, 0) is 23.9 Å². The second-order valence-electron chi connectivity index (χ2n) is 4.90. The van der Waals surface area contributed by atoms with Crippen molar-refractivity contribution < 1.29 is 23.9 Å². The predicted octanol–water partition coefficient (Wildman–Crippen LogP) is 0.582. The van der Waals surface area contributed by atoms with Crippen LogP contribution < -0.4 is 10.6 Å². The predicted molar refractivity (Wildman–Crippen MR) is 82.9 cm³/mol. The molecule has 0 bridgehead atoms. The van der Waals surface area contributed by atoms with E-state index in [0.29, 0.717) is 29.9 Å². The summed E-state index contributed by atoms with van der Waals surface area (Å²) in [7, 11) is 0. The Morgan fingerprint density at radius 1 is 1.27 bits per heavy atom. The highest BCUT2D eigenvalue weighted by molar-refractivity contribution is 7.80. The summed E-state index contributed by atoms with van der Waals surface area (Å²) in [6.07, 6.45) is 1.67. The number of thiocarbonyl (C=S) groups is 1. The van der Waals surface area contributed by atoms with Crippen LogP contribution in [0.15, 0.2) is 12.2 Å². The molecule has 0 saturated carbocycles. The SMILES string of the molecule is C=C(C)C(=O)OCCCC(=O)OCCCC1NC(=S)NC1=O. The third-order valence-corrected chi connectivity index (χ3v) is 3.09. The number of ether oxygens (including phenoxy) is 2. The standard InChI is InChI=1S/C14H20N2O5S/c1-9(2)13(19)21-8-4-6-11(17)20-7-3-5-10-12(18)16-14(22)15-10/h10H,1,3-8H2,2H3,(H2,15,16,18,22). The quantitative estimate of drug-likeness (QED) is 0.277. The molecule has 8 heteroatoms. The van der Waals surface area contributed by atoms with E-state index in [1.807, 2.05) is 0 Å². The van der Waals surface area contributed by atoms with Crippen LogP contribution in [0.3, 0.4) is 0 Å². The van der Waals surface area contributed by atoms with Crippen LogP contribution in [0.4, 0.5) is 0 Å². The van der Waals surface area contributed by atoms with Crippen molar-refractivity contribution in [2.24, 2.45) is 0 Å². The van der Waals surface area contributed by atoms with E-state index in [1.54, 1.807) is 6.92 Å². The smallest absolute Gasteiger partial charge is 0.333 e. The topological polar surface area (TPSA) is 93.7 Å². The molecule has 0 spiro atoms. The molecule has 1 saturated heterocycles. The number of amides is 1. The number of hydrogen-bond acceptors (Lipinski definition) is 6. The molecule has 0 aliphatic carbocycles. The lowest BCUT2D eigenvalue weighted by Crippen LogP contribution is -2.29. The van der Waals surface area contributed by atoms with Gasteiger partial charge >= 0.3 is 11.9 Å². The van der Waals surface area contributed by atoms with Gasteiger partial charge in [-0.15, -0.1) is 0 Å². The van der Waals surface area contributed by atoms with Crippen LogP contribution in [-0.4, -0.2) is 42.2 Å². The zero-order chi connectivity index (χ0) is 16.5. The molecule has 1 heterocycles. The highest BCUT2D eigenvalue weighted by atomic mass is 32.1. The van der Waals surface area contributed by atoms with Gasteiger partial charge in [-0.2, -0.15) is 0 Å². The maximum absolute atomic E-state index is 11.4. The molecule has 0 aromatic carbocycles. The van der Waals surface area contributed by atoms with Gasteiger partial charge in [-0.1, -0.05) is 6.58 Å². The van der Waals surface area contributed by atoms with E-state index in [4.69, 9.17) is 21.7 Å². The number of nitrogens with one attached hydrogen (secondary N) is 2. The van der Waals surface area contributed by atoms with Gasteiger partial charge in [0.05, 0.1) is 13.2 Å². The van der Waals surface area contributed by atoms with Gasteiger partial charge in [0, 0.05) is 12.0 Å². The van der Waals surface area contributed by atoms with E-state index >= 15 is 0 Å². The van der Waals surface area contributed by atoms with Gasteiger partial charge in [0.25, 0.3) is 0 Å². The molecule has 1 unspecified atom stereocenters. The number of esters is 2. The average Bonchev–Trinajstić information content (AvgIpc) is 2.77. The second-order valence-corrected chi connectivity index (χ2v) is 5.31. The van der Waals surface area contributed by atoms with E-state index in [0.717, 1.165) is 0 Å². The maximum atomic E-state index is 11.4. The minimum atomic E-state index is -0.464. The number of carbonyl (C=O) groups excluding carboxylic acids is 3. The summed E-state index contributed by atoms with van der Waals surface area (Å²) in [6.45, 7) is 5.41. The third kappa shape index (κ3) is 6.66. The molecule has 122 valence electrons. The van der Waals surface area contributed by atoms with Crippen molar-refractivity contribution in [3.8, 4) is 0 Å². The molecule has 0 aromatic rings. The summed E-state index contributed by atoms with van der Waals surface area (Å²) in [5.74, 6) is -0.977. The van der Waals surface area contributed by atoms with E-state index in [1.165, 1.54) is 0 Å². The van der Waals surface area contributed by atoms with Crippen molar-refractivity contribution in [1.29, 1.82) is 0 Å². The molecule has 1 atom stereocenters. The molecule has 22 heavy (non-hydrogen) atoms. The van der Waals surface area contributed by atoms with E-state index in [9.17, 15) is 14.4 Å². The van der Waals surface area contributed by atoms with Crippen molar-refractivity contribution >= 4 is 35.2 Å². The first-order valence-corrected chi connectivity index (χ1v) is 7.40. The third-order valence-electron chi connectivity index (χ3n) is 2.87. The van der Waals surface area contributed by atoms with Crippen LogP contribution in [0, 0.1) is 0 Å². The maximum Gasteiger partial charge on any atom is 0.333 e. The van der Waals surface area contributed by atoms with Crippen LogP contribution in [0.2, 0.25) is 0 Å². The van der Waals surface area contributed by atoms with E-state index in [-0.39, 0.29) is 37.6 Å². The molecule has 0 radical (unpaired) electrons. The van der Waals surface area contributed by atoms with Gasteiger partial charge in [0.15, 0.2) is 5.11 Å². The summed E-state index contributed by atoms with van der Waals surface area (Å²) < 4.78 is 9.89. The van der Waals surface area contributed by atoms with Crippen LogP contribution >= 0.6 is 12.2 Å². The van der Waals surface area contributed by atoms with Gasteiger partial charge in [0.1, 0.15) is 6.04 Å². The second kappa shape index (κ2) is 9.14. The first-order chi connectivity index (χ1) is 10.4. The lowest BCUT2D eigenvalue weighted by Gasteiger charge is -2.08. The minimum Gasteiger partial charge on any atom is -0.466 e. The lowest BCUT2D eigenvalue weighted by molar-refractivity contribution is -0.146. The molecular formula is C14H20N2O5S. The summed E-state index contributed by atoms with van der Waals surface area (Å²) in [5, 5.41) is 5.65. The fourth-order valence-corrected chi connectivity index (χ4v) is 1.96. The zero-order valence-electron chi connectivity index (χ0n) is 12.5. The molecule has 1 fully saturated rings. The van der Waals surface area contributed by atoms with Crippen molar-refractivity contribution in [3.63, 3.8) is 0 Å². The summed E-state index contributed by atoms with van der Waals surface area (Å²) in [6, 6.07) is -0.354. The Hall–Kier alpha value is -1.96. The van der Waals surface area contributed by atoms with E-state index in [2.05, 4.69) is 17.2 Å². The Kier molecular flexibility index (Phi) is 7.51. The summed E-state index contributed by atoms with van der Waals surface area (Å²) in [4.78, 5) is 33.9. The number of carbonyl (C=O) groups is 3. The summed E-state index contributed by atoms with van der Waals surface area (Å²) >= 11 is 4.82. The Morgan fingerprint density at radius 2 is 1.95 bits per heavy atom. The largest absolute Gasteiger partial charge is 0.466 e. The van der Waals surface area contributed by atoms with Gasteiger partial charge in [0.2, 0.25) is 5.91 Å². The molecule has 2 N–H and O–H groups in total. The average molecular weight is 328 g/mol. The summed E-state index contributed by atoms with van der Waals surface area (Å²) in [5.41, 5.74) is 0.326.